The summed E-state index contributed by atoms with van der Waals surface area (Å²) in [5.74, 6) is 0.544. The molecule has 6 heteroatoms. The first-order valence-corrected chi connectivity index (χ1v) is 11.1. The Labute approximate surface area is 192 Å². The molecule has 1 heterocycles. The highest BCUT2D eigenvalue weighted by Crippen LogP contribution is 2.34. The van der Waals surface area contributed by atoms with Crippen molar-refractivity contribution in [3.8, 4) is 23.3 Å². The van der Waals surface area contributed by atoms with E-state index in [0.29, 0.717) is 35.3 Å². The smallest absolute Gasteiger partial charge is 0.190 e. The maximum Gasteiger partial charge on any atom is 0.190 e. The topological polar surface area (TPSA) is 68.5 Å². The molecule has 4 rings (SSSR count). The highest BCUT2D eigenvalue weighted by Gasteiger charge is 2.30. The van der Waals surface area contributed by atoms with Crippen molar-refractivity contribution in [1.29, 1.82) is 5.26 Å². The molecule has 0 aromatic heterocycles. The largest absolute Gasteiger partial charge is 0.479 e. The van der Waals surface area contributed by atoms with E-state index in [1.54, 1.807) is 19.1 Å². The molecule has 3 unspecified atom stereocenters. The number of benzene rings is 3. The van der Waals surface area contributed by atoms with Crippen LogP contribution in [-0.2, 0) is 9.53 Å². The molecular formula is C26H24ClNO4. The van der Waals surface area contributed by atoms with Crippen molar-refractivity contribution in [2.75, 3.05) is 6.61 Å². The molecule has 3 atom stereocenters. The number of ether oxygens (including phenoxy) is 3. The summed E-state index contributed by atoms with van der Waals surface area (Å²) in [5.41, 5.74) is 0. The van der Waals surface area contributed by atoms with E-state index >= 15 is 0 Å². The summed E-state index contributed by atoms with van der Waals surface area (Å²) in [6.45, 7) is 2.35. The van der Waals surface area contributed by atoms with Crippen molar-refractivity contribution in [1.82, 2.24) is 0 Å². The monoisotopic (exact) mass is 449 g/mol. The van der Waals surface area contributed by atoms with Crippen LogP contribution in [0.3, 0.4) is 0 Å². The normalized spacial score (nSPS) is 17.5. The summed E-state index contributed by atoms with van der Waals surface area (Å²) in [6, 6.07) is 20.7. The van der Waals surface area contributed by atoms with Crippen molar-refractivity contribution < 1.29 is 19.0 Å². The van der Waals surface area contributed by atoms with Crippen LogP contribution >= 0.6 is 11.6 Å². The second-order valence-corrected chi connectivity index (χ2v) is 8.35. The lowest BCUT2D eigenvalue weighted by molar-refractivity contribution is -0.128. The second kappa shape index (κ2) is 10.0. The Bertz CT molecular complexity index is 1150. The number of hydrogen-bond donors (Lipinski definition) is 0. The van der Waals surface area contributed by atoms with Gasteiger partial charge in [0.15, 0.2) is 23.4 Å². The number of carbonyl (C=O) groups is 1. The Kier molecular flexibility index (Phi) is 6.94. The molecule has 1 saturated heterocycles. The third-order valence-electron chi connectivity index (χ3n) is 5.58. The minimum Gasteiger partial charge on any atom is -0.479 e. The molecule has 1 fully saturated rings. The van der Waals surface area contributed by atoms with Gasteiger partial charge in [-0.3, -0.25) is 4.79 Å². The van der Waals surface area contributed by atoms with Crippen molar-refractivity contribution in [2.24, 2.45) is 5.92 Å². The predicted octanol–water partition coefficient (Wildman–Crippen LogP) is 6.33. The second-order valence-electron chi connectivity index (χ2n) is 7.92. The van der Waals surface area contributed by atoms with Gasteiger partial charge in [0, 0.05) is 11.6 Å². The van der Waals surface area contributed by atoms with Gasteiger partial charge in [0.1, 0.15) is 11.7 Å². The zero-order valence-corrected chi connectivity index (χ0v) is 18.5. The summed E-state index contributed by atoms with van der Waals surface area (Å²) in [7, 11) is 0. The van der Waals surface area contributed by atoms with Crippen molar-refractivity contribution in [3.63, 3.8) is 0 Å². The Balaban J connectivity index is 1.48. The summed E-state index contributed by atoms with van der Waals surface area (Å²) < 4.78 is 17.6. The minimum atomic E-state index is -0.791. The van der Waals surface area contributed by atoms with Gasteiger partial charge in [0.2, 0.25) is 0 Å². The standard InChI is InChI=1S/C26H24ClNO4/c1-17(26(29)20(16-28)15-22-5-4-12-30-22)31-24-6-2-3-7-25(24)32-23-11-9-18-8-10-21(27)13-19(18)14-23/h2-3,6-11,13-14,17,20,22H,4-5,12,15H2,1H3. The van der Waals surface area contributed by atoms with Gasteiger partial charge in [-0.25, -0.2) is 0 Å². The molecule has 32 heavy (non-hydrogen) atoms. The molecule has 5 nitrogen and oxygen atoms in total. The van der Waals surface area contributed by atoms with Crippen LogP contribution in [0.1, 0.15) is 26.2 Å². The number of nitrogens with zero attached hydrogens (tertiary/aromatic N) is 1. The van der Waals surface area contributed by atoms with Gasteiger partial charge in [-0.05, 0) is 73.4 Å². The Morgan fingerprint density at radius 2 is 1.94 bits per heavy atom. The van der Waals surface area contributed by atoms with E-state index in [4.69, 9.17) is 25.8 Å². The number of ketones is 1. The summed E-state index contributed by atoms with van der Waals surface area (Å²) in [6.07, 6.45) is 1.43. The van der Waals surface area contributed by atoms with Gasteiger partial charge in [-0.2, -0.15) is 5.26 Å². The van der Waals surface area contributed by atoms with Crippen LogP contribution < -0.4 is 9.47 Å². The van der Waals surface area contributed by atoms with E-state index < -0.39 is 12.0 Å². The van der Waals surface area contributed by atoms with E-state index in [1.165, 1.54) is 0 Å². The number of carbonyl (C=O) groups excluding carboxylic acids is 1. The van der Waals surface area contributed by atoms with E-state index in [2.05, 4.69) is 6.07 Å². The van der Waals surface area contributed by atoms with Gasteiger partial charge in [-0.1, -0.05) is 35.9 Å². The van der Waals surface area contributed by atoms with E-state index in [9.17, 15) is 10.1 Å². The average Bonchev–Trinajstić information content (AvgIpc) is 3.31. The number of hydrogen-bond acceptors (Lipinski definition) is 5. The third kappa shape index (κ3) is 5.21. The molecule has 0 spiro atoms. The molecule has 0 amide bonds. The lowest BCUT2D eigenvalue weighted by Crippen LogP contribution is -2.32. The molecule has 3 aromatic carbocycles. The molecule has 0 radical (unpaired) electrons. The van der Waals surface area contributed by atoms with Gasteiger partial charge in [-0.15, -0.1) is 0 Å². The van der Waals surface area contributed by atoms with Gasteiger partial charge in [0.25, 0.3) is 0 Å². The van der Waals surface area contributed by atoms with Crippen LogP contribution in [0.4, 0.5) is 0 Å². The number of para-hydroxylation sites is 2. The fourth-order valence-electron chi connectivity index (χ4n) is 3.88. The maximum absolute atomic E-state index is 12.9. The first-order chi connectivity index (χ1) is 15.5. The summed E-state index contributed by atoms with van der Waals surface area (Å²) >= 11 is 6.11. The molecule has 0 saturated carbocycles. The molecule has 0 bridgehead atoms. The molecule has 0 N–H and O–H groups in total. The molecule has 1 aliphatic heterocycles. The zero-order valence-electron chi connectivity index (χ0n) is 17.8. The average molecular weight is 450 g/mol. The molecule has 3 aromatic rings. The lowest BCUT2D eigenvalue weighted by atomic mass is 9.94. The quantitative estimate of drug-likeness (QED) is 0.402. The number of rotatable bonds is 8. The lowest BCUT2D eigenvalue weighted by Gasteiger charge is -2.20. The molecule has 0 aliphatic carbocycles. The molecule has 1 aliphatic rings. The minimum absolute atomic E-state index is 0.0344. The van der Waals surface area contributed by atoms with Crippen LogP contribution in [0.15, 0.2) is 60.7 Å². The van der Waals surface area contributed by atoms with Gasteiger partial charge >= 0.3 is 0 Å². The maximum atomic E-state index is 12.9. The number of fused-ring (bicyclic) bond motifs is 1. The SMILES string of the molecule is CC(Oc1ccccc1Oc1ccc2ccc(Cl)cc2c1)C(=O)C(C#N)CC1CCCO1. The first-order valence-electron chi connectivity index (χ1n) is 10.7. The van der Waals surface area contributed by atoms with Crippen LogP contribution in [0.2, 0.25) is 5.02 Å². The highest BCUT2D eigenvalue weighted by molar-refractivity contribution is 6.31. The van der Waals surface area contributed by atoms with Crippen molar-refractivity contribution in [2.45, 2.75) is 38.4 Å². The zero-order chi connectivity index (χ0) is 22.5. The third-order valence-corrected chi connectivity index (χ3v) is 5.81. The van der Waals surface area contributed by atoms with Crippen LogP contribution in [0, 0.1) is 17.2 Å². The number of halogens is 1. The summed E-state index contributed by atoms with van der Waals surface area (Å²) in [4.78, 5) is 12.9. The Hall–Kier alpha value is -3.07. The number of nitriles is 1. The van der Waals surface area contributed by atoms with Gasteiger partial charge < -0.3 is 14.2 Å². The highest BCUT2D eigenvalue weighted by atomic mass is 35.5. The predicted molar refractivity (Wildman–Crippen MR) is 123 cm³/mol. The van der Waals surface area contributed by atoms with E-state index in [-0.39, 0.29) is 11.9 Å². The van der Waals surface area contributed by atoms with E-state index in [0.717, 1.165) is 23.6 Å². The van der Waals surface area contributed by atoms with Crippen LogP contribution in [0.5, 0.6) is 17.2 Å². The van der Waals surface area contributed by atoms with Crippen molar-refractivity contribution in [3.05, 3.63) is 65.7 Å². The van der Waals surface area contributed by atoms with Crippen molar-refractivity contribution >= 4 is 28.2 Å². The Morgan fingerprint density at radius 1 is 1.16 bits per heavy atom. The summed E-state index contributed by atoms with van der Waals surface area (Å²) in [5, 5.41) is 12.2. The fraction of sp³-hybridized carbons (Fsp3) is 0.308. The van der Waals surface area contributed by atoms with Gasteiger partial charge in [0.05, 0.1) is 12.2 Å². The first kappa shape index (κ1) is 22.1. The number of Topliss-reactive ketones (excluding diaryl/α,β-unsaturated/α-hetero) is 1. The fourth-order valence-corrected chi connectivity index (χ4v) is 4.06. The van der Waals surface area contributed by atoms with E-state index in [1.807, 2.05) is 48.5 Å². The molecular weight excluding hydrogens is 426 g/mol. The Morgan fingerprint density at radius 3 is 2.69 bits per heavy atom. The molecule has 164 valence electrons. The van der Waals surface area contributed by atoms with Crippen LogP contribution in [-0.4, -0.2) is 24.6 Å². The van der Waals surface area contributed by atoms with Crippen LogP contribution in [0.25, 0.3) is 10.8 Å².